The number of nitriles is 1. The first kappa shape index (κ1) is 22.2. The van der Waals surface area contributed by atoms with Crippen LogP contribution < -0.4 is 4.74 Å². The summed E-state index contributed by atoms with van der Waals surface area (Å²) in [7, 11) is 1.67. The number of nitrogens with zero attached hydrogens (tertiary/aromatic N) is 3. The Kier molecular flexibility index (Phi) is 6.06. The summed E-state index contributed by atoms with van der Waals surface area (Å²) in [4.78, 5) is 20.9. The summed E-state index contributed by atoms with van der Waals surface area (Å²) < 4.78 is 5.30. The van der Waals surface area contributed by atoms with Crippen molar-refractivity contribution >= 4 is 28.5 Å². The highest BCUT2D eigenvalue weighted by atomic mass is 16.5. The normalized spacial score (nSPS) is 19.6. The second kappa shape index (κ2) is 9.30. The van der Waals surface area contributed by atoms with E-state index in [-0.39, 0.29) is 11.8 Å². The molecule has 0 saturated carbocycles. The zero-order chi connectivity index (χ0) is 23.7. The summed E-state index contributed by atoms with van der Waals surface area (Å²) >= 11 is 0. The lowest BCUT2D eigenvalue weighted by Crippen LogP contribution is -2.39. The molecule has 172 valence electrons. The molecule has 2 aromatic carbocycles. The van der Waals surface area contributed by atoms with Gasteiger partial charge in [-0.05, 0) is 72.6 Å². The highest BCUT2D eigenvalue weighted by molar-refractivity contribution is 6.09. The highest BCUT2D eigenvalue weighted by Crippen LogP contribution is 2.39. The number of carbonyl (C=O) groups excluding carboxylic acids is 1. The predicted molar refractivity (Wildman–Crippen MR) is 134 cm³/mol. The fraction of sp³-hybridized carbons (Fsp3) is 0.345. The third-order valence-corrected chi connectivity index (χ3v) is 7.05. The molecule has 5 nitrogen and oxygen atoms in total. The summed E-state index contributed by atoms with van der Waals surface area (Å²) in [6.07, 6.45) is 5.44. The van der Waals surface area contributed by atoms with E-state index in [4.69, 9.17) is 9.72 Å². The van der Waals surface area contributed by atoms with Gasteiger partial charge in [-0.2, -0.15) is 5.26 Å². The van der Waals surface area contributed by atoms with Crippen LogP contribution in [0.4, 0.5) is 0 Å². The van der Waals surface area contributed by atoms with Crippen LogP contribution in [0.15, 0.2) is 48.5 Å². The number of methoxy groups -OCH3 is 1. The predicted octanol–water partition coefficient (Wildman–Crippen LogP) is 5.74. The molecule has 1 unspecified atom stereocenters. The maximum atomic E-state index is 13.9. The van der Waals surface area contributed by atoms with Crippen molar-refractivity contribution in [2.75, 3.05) is 20.2 Å². The van der Waals surface area contributed by atoms with Crippen molar-refractivity contribution in [1.29, 1.82) is 5.26 Å². The van der Waals surface area contributed by atoms with Gasteiger partial charge in [0.15, 0.2) is 0 Å². The molecule has 3 aromatic rings. The molecule has 5 heteroatoms. The van der Waals surface area contributed by atoms with Crippen molar-refractivity contribution in [1.82, 2.24) is 9.88 Å². The second-order valence-electron chi connectivity index (χ2n) is 9.48. The number of ether oxygens (including phenoxy) is 1. The fourth-order valence-corrected chi connectivity index (χ4v) is 5.25. The number of carbonyl (C=O) groups is 1. The second-order valence-corrected chi connectivity index (χ2v) is 9.48. The number of hydrogen-bond donors (Lipinski definition) is 0. The molecule has 5 rings (SSSR count). The molecule has 1 aliphatic heterocycles. The molecule has 1 atom stereocenters. The monoisotopic (exact) mass is 451 g/mol. The maximum Gasteiger partial charge on any atom is 0.254 e. The third-order valence-electron chi connectivity index (χ3n) is 7.05. The number of pyridine rings is 1. The first-order valence-corrected chi connectivity index (χ1v) is 12.0. The molecule has 2 heterocycles. The number of aromatic nitrogens is 1. The molecule has 34 heavy (non-hydrogen) atoms. The van der Waals surface area contributed by atoms with Gasteiger partial charge in [-0.25, -0.2) is 4.98 Å². The van der Waals surface area contributed by atoms with Gasteiger partial charge in [0.25, 0.3) is 5.91 Å². The summed E-state index contributed by atoms with van der Waals surface area (Å²) in [5.41, 5.74) is 5.92. The number of allylic oxidation sites excluding steroid dienone is 1. The van der Waals surface area contributed by atoms with Crippen LogP contribution >= 0.6 is 0 Å². The van der Waals surface area contributed by atoms with Crippen LogP contribution in [-0.4, -0.2) is 36.0 Å². The minimum absolute atomic E-state index is 0.0474. The molecule has 1 aromatic heterocycles. The van der Waals surface area contributed by atoms with Crippen LogP contribution in [0.5, 0.6) is 5.75 Å². The van der Waals surface area contributed by atoms with E-state index in [9.17, 15) is 10.1 Å². The van der Waals surface area contributed by atoms with Gasteiger partial charge in [0.1, 0.15) is 5.75 Å². The van der Waals surface area contributed by atoms with E-state index in [0.29, 0.717) is 19.0 Å². The molecular formula is C29H29N3O2. The lowest BCUT2D eigenvalue weighted by Gasteiger charge is -2.32. The van der Waals surface area contributed by atoms with Gasteiger partial charge >= 0.3 is 0 Å². The largest absolute Gasteiger partial charge is 0.497 e. The van der Waals surface area contributed by atoms with E-state index in [0.717, 1.165) is 64.7 Å². The van der Waals surface area contributed by atoms with Crippen molar-refractivity contribution in [2.24, 2.45) is 11.8 Å². The Bertz CT molecular complexity index is 1300. The molecule has 1 amide bonds. The van der Waals surface area contributed by atoms with Crippen LogP contribution in [0.25, 0.3) is 22.6 Å². The Morgan fingerprint density at radius 2 is 1.85 bits per heavy atom. The molecule has 1 aliphatic carbocycles. The molecule has 0 N–H and O–H groups in total. The standard InChI is InChI=1S/C29H29N3O2/c1-19-15-22(17-20-7-9-23(34-2)10-8-20)28-25(16-19)27(24-5-3-4-6-26(24)31-28)29(33)32-13-11-21(18-30)12-14-32/h3-10,17,19,21H,11-16H2,1-2H3/b22-17+. The zero-order valence-electron chi connectivity index (χ0n) is 19.8. The number of amides is 1. The Hall–Kier alpha value is -3.65. The minimum Gasteiger partial charge on any atom is -0.497 e. The van der Waals surface area contributed by atoms with Gasteiger partial charge in [0.05, 0.1) is 30.0 Å². The number of piperidine rings is 1. The van der Waals surface area contributed by atoms with Crippen molar-refractivity contribution in [3.05, 3.63) is 70.9 Å². The smallest absolute Gasteiger partial charge is 0.254 e. The molecule has 0 spiro atoms. The average Bonchev–Trinajstić information content (AvgIpc) is 2.87. The quantitative estimate of drug-likeness (QED) is 0.509. The van der Waals surface area contributed by atoms with Gasteiger partial charge in [0.2, 0.25) is 0 Å². The van der Waals surface area contributed by atoms with E-state index in [1.165, 1.54) is 5.57 Å². The zero-order valence-corrected chi connectivity index (χ0v) is 19.8. The molecule has 0 bridgehead atoms. The molecule has 1 saturated heterocycles. The summed E-state index contributed by atoms with van der Waals surface area (Å²) in [5, 5.41) is 10.2. The van der Waals surface area contributed by atoms with Gasteiger partial charge in [-0.15, -0.1) is 0 Å². The number of hydrogen-bond acceptors (Lipinski definition) is 4. The number of para-hydroxylation sites is 1. The maximum absolute atomic E-state index is 13.9. The van der Waals surface area contributed by atoms with E-state index >= 15 is 0 Å². The summed E-state index contributed by atoms with van der Waals surface area (Å²) in [6, 6.07) is 18.4. The third kappa shape index (κ3) is 4.17. The van der Waals surface area contributed by atoms with Crippen LogP contribution in [0.1, 0.15) is 53.4 Å². The van der Waals surface area contributed by atoms with E-state index in [1.54, 1.807) is 7.11 Å². The van der Waals surface area contributed by atoms with Crippen LogP contribution in [-0.2, 0) is 6.42 Å². The van der Waals surface area contributed by atoms with Crippen molar-refractivity contribution in [3.63, 3.8) is 0 Å². The number of fused-ring (bicyclic) bond motifs is 2. The van der Waals surface area contributed by atoms with E-state index in [2.05, 4.69) is 31.2 Å². The highest BCUT2D eigenvalue weighted by Gasteiger charge is 2.31. The van der Waals surface area contributed by atoms with Crippen molar-refractivity contribution in [3.8, 4) is 11.8 Å². The summed E-state index contributed by atoms with van der Waals surface area (Å²) in [6.45, 7) is 3.51. The summed E-state index contributed by atoms with van der Waals surface area (Å²) in [5.74, 6) is 1.36. The first-order chi connectivity index (χ1) is 16.6. The molecule has 1 fully saturated rings. The molecular weight excluding hydrogens is 422 g/mol. The van der Waals surface area contributed by atoms with Crippen LogP contribution in [0.2, 0.25) is 0 Å². The lowest BCUT2D eigenvalue weighted by molar-refractivity contribution is 0.0708. The van der Waals surface area contributed by atoms with Crippen molar-refractivity contribution in [2.45, 2.75) is 32.6 Å². The van der Waals surface area contributed by atoms with Crippen molar-refractivity contribution < 1.29 is 9.53 Å². The number of benzene rings is 2. The Balaban J connectivity index is 1.62. The first-order valence-electron chi connectivity index (χ1n) is 12.0. The molecule has 2 aliphatic rings. The van der Waals surface area contributed by atoms with Gasteiger partial charge < -0.3 is 9.64 Å². The minimum atomic E-state index is 0.0474. The Labute approximate surface area is 200 Å². The van der Waals surface area contributed by atoms with Gasteiger partial charge in [0, 0.05) is 24.4 Å². The Morgan fingerprint density at radius 1 is 1.12 bits per heavy atom. The number of rotatable bonds is 3. The van der Waals surface area contributed by atoms with Gasteiger partial charge in [-0.1, -0.05) is 37.3 Å². The topological polar surface area (TPSA) is 66.2 Å². The van der Waals surface area contributed by atoms with Crippen LogP contribution in [0, 0.1) is 23.2 Å². The van der Waals surface area contributed by atoms with Crippen LogP contribution in [0.3, 0.4) is 0 Å². The Morgan fingerprint density at radius 3 is 2.56 bits per heavy atom. The van der Waals surface area contributed by atoms with E-state index < -0.39 is 0 Å². The SMILES string of the molecule is COc1ccc(/C=C2\CC(C)Cc3c2nc2ccccc2c3C(=O)N2CCC(C#N)CC2)cc1. The molecule has 0 radical (unpaired) electrons. The average molecular weight is 452 g/mol. The van der Waals surface area contributed by atoms with E-state index in [1.807, 2.05) is 41.3 Å². The number of likely N-dealkylation sites (tertiary alicyclic amines) is 1. The fourth-order valence-electron chi connectivity index (χ4n) is 5.25. The van der Waals surface area contributed by atoms with Gasteiger partial charge in [-0.3, -0.25) is 4.79 Å². The lowest BCUT2D eigenvalue weighted by atomic mass is 9.80.